The van der Waals surface area contributed by atoms with E-state index >= 15 is 0 Å². The van der Waals surface area contributed by atoms with Crippen LogP contribution in [-0.4, -0.2) is 34.0 Å². The van der Waals surface area contributed by atoms with Gasteiger partial charge < -0.3 is 15.0 Å². The molecule has 32 heavy (non-hydrogen) atoms. The van der Waals surface area contributed by atoms with Crippen molar-refractivity contribution in [1.29, 1.82) is 0 Å². The Hall–Kier alpha value is -2.50. The predicted molar refractivity (Wildman–Crippen MR) is 124 cm³/mol. The fraction of sp³-hybridized carbons (Fsp3) is 0.615. The molecule has 2 unspecified atom stereocenters. The highest BCUT2D eigenvalue weighted by Crippen LogP contribution is 2.53. The van der Waals surface area contributed by atoms with Gasteiger partial charge in [0.2, 0.25) is 0 Å². The van der Waals surface area contributed by atoms with Gasteiger partial charge >= 0.3 is 6.09 Å². The lowest BCUT2D eigenvalue weighted by molar-refractivity contribution is -0.0114. The van der Waals surface area contributed by atoms with Crippen LogP contribution in [-0.2, 0) is 0 Å². The molecule has 7 rings (SSSR count). The summed E-state index contributed by atoms with van der Waals surface area (Å²) >= 11 is 0. The number of carbonyl (C=O) groups is 1. The lowest BCUT2D eigenvalue weighted by Crippen LogP contribution is -2.56. The van der Waals surface area contributed by atoms with Crippen LogP contribution in [0.25, 0.3) is 5.69 Å². The maximum Gasteiger partial charge on any atom is 0.413 e. The van der Waals surface area contributed by atoms with Crippen molar-refractivity contribution in [3.8, 4) is 11.4 Å². The minimum absolute atomic E-state index is 0.271. The molecule has 1 N–H and O–H groups in total. The summed E-state index contributed by atoms with van der Waals surface area (Å²) in [6.45, 7) is 4.48. The summed E-state index contributed by atoms with van der Waals surface area (Å²) in [5.74, 6) is 4.47. The number of ether oxygens (including phenoxy) is 1. The third kappa shape index (κ3) is 3.39. The third-order valence-corrected chi connectivity index (χ3v) is 8.62. The largest absolute Gasteiger partial charge is 0.413 e. The van der Waals surface area contributed by atoms with Gasteiger partial charge in [-0.1, -0.05) is 18.2 Å². The van der Waals surface area contributed by atoms with Gasteiger partial charge in [0.1, 0.15) is 0 Å². The molecule has 2 heterocycles. The molecule has 4 aliphatic carbocycles. The molecule has 170 valence electrons. The van der Waals surface area contributed by atoms with Crippen LogP contribution >= 0.6 is 0 Å². The number of aromatic nitrogens is 2. The summed E-state index contributed by atoms with van der Waals surface area (Å²) in [4.78, 5) is 15.5. The van der Waals surface area contributed by atoms with E-state index in [0.717, 1.165) is 36.2 Å². The van der Waals surface area contributed by atoms with Crippen molar-refractivity contribution in [2.24, 2.45) is 23.7 Å². The summed E-state index contributed by atoms with van der Waals surface area (Å²) in [7, 11) is 0. The average Bonchev–Trinajstić information content (AvgIpc) is 3.32. The van der Waals surface area contributed by atoms with E-state index in [0.29, 0.717) is 29.7 Å². The van der Waals surface area contributed by atoms with Gasteiger partial charge in [-0.3, -0.25) is 0 Å². The normalized spacial score (nSPS) is 35.3. The highest BCUT2D eigenvalue weighted by Gasteiger charge is 2.49. The summed E-state index contributed by atoms with van der Waals surface area (Å²) < 4.78 is 7.91. The van der Waals surface area contributed by atoms with E-state index in [9.17, 15) is 4.79 Å². The molecular formula is C26H34N4O2. The SMILES string of the molecule is CC1CCC(C)N1c1c(OC(=O)NC2C3CC4CC(C3)CC2C4)cnn1-c1ccccc1. The minimum Gasteiger partial charge on any atom is -0.405 e. The standard InChI is InChI=1S/C26H34N4O2/c1-16-8-9-17(2)29(16)25-23(15-27-30(25)22-6-4-3-5-7-22)32-26(31)28-24-20-11-18-10-19(13-20)14-21(24)12-18/h3-7,15-21,24H,8-14H2,1-2H3,(H,28,31). The lowest BCUT2D eigenvalue weighted by Gasteiger charge is -2.54. The summed E-state index contributed by atoms with van der Waals surface area (Å²) in [6, 6.07) is 11.1. The monoisotopic (exact) mass is 434 g/mol. The zero-order valence-corrected chi connectivity index (χ0v) is 19.1. The van der Waals surface area contributed by atoms with Crippen LogP contribution in [0.5, 0.6) is 5.75 Å². The average molecular weight is 435 g/mol. The number of rotatable bonds is 4. The Balaban J connectivity index is 1.26. The Labute approximate surface area is 190 Å². The van der Waals surface area contributed by atoms with E-state index < -0.39 is 0 Å². The first-order valence-electron chi connectivity index (χ1n) is 12.5. The van der Waals surface area contributed by atoms with Crippen molar-refractivity contribution >= 4 is 11.9 Å². The van der Waals surface area contributed by atoms with E-state index in [1.54, 1.807) is 6.20 Å². The zero-order valence-electron chi connectivity index (χ0n) is 19.1. The Morgan fingerprint density at radius 2 is 1.59 bits per heavy atom. The lowest BCUT2D eigenvalue weighted by atomic mass is 9.54. The van der Waals surface area contributed by atoms with Crippen molar-refractivity contribution in [1.82, 2.24) is 15.1 Å². The smallest absolute Gasteiger partial charge is 0.405 e. The second-order valence-corrected chi connectivity index (χ2v) is 10.8. The van der Waals surface area contributed by atoms with E-state index in [-0.39, 0.29) is 12.1 Å². The highest BCUT2D eigenvalue weighted by molar-refractivity contribution is 5.74. The van der Waals surface area contributed by atoms with Crippen molar-refractivity contribution in [2.75, 3.05) is 4.90 Å². The Morgan fingerprint density at radius 1 is 0.969 bits per heavy atom. The molecule has 5 aliphatic rings. The van der Waals surface area contributed by atoms with Gasteiger partial charge in [0, 0.05) is 18.1 Å². The molecule has 1 amide bonds. The molecular weight excluding hydrogens is 400 g/mol. The molecule has 6 nitrogen and oxygen atoms in total. The number of anilines is 1. The number of carbonyl (C=O) groups excluding carboxylic acids is 1. The van der Waals surface area contributed by atoms with E-state index in [1.807, 2.05) is 35.0 Å². The molecule has 0 spiro atoms. The molecule has 0 radical (unpaired) electrons. The van der Waals surface area contributed by atoms with Gasteiger partial charge in [0.15, 0.2) is 11.6 Å². The number of nitrogens with one attached hydrogen (secondary N) is 1. The van der Waals surface area contributed by atoms with E-state index in [4.69, 9.17) is 4.74 Å². The molecule has 1 aliphatic heterocycles. The Morgan fingerprint density at radius 3 is 2.22 bits per heavy atom. The first kappa shape index (κ1) is 20.1. The summed E-state index contributed by atoms with van der Waals surface area (Å²) in [5, 5.41) is 7.93. The molecule has 6 heteroatoms. The molecule has 5 fully saturated rings. The first-order valence-corrected chi connectivity index (χ1v) is 12.5. The quantitative estimate of drug-likeness (QED) is 0.722. The van der Waals surface area contributed by atoms with Crippen LogP contribution in [0.4, 0.5) is 10.6 Å². The Bertz CT molecular complexity index is 949. The fourth-order valence-corrected chi connectivity index (χ4v) is 7.43. The number of amides is 1. The maximum absolute atomic E-state index is 13.1. The van der Waals surface area contributed by atoms with Crippen molar-refractivity contribution < 1.29 is 9.53 Å². The highest BCUT2D eigenvalue weighted by atomic mass is 16.6. The molecule has 1 saturated heterocycles. The second kappa shape index (κ2) is 7.82. The van der Waals surface area contributed by atoms with Crippen LogP contribution in [0.2, 0.25) is 0 Å². The van der Waals surface area contributed by atoms with Gasteiger partial charge in [0.05, 0.1) is 11.9 Å². The Kier molecular flexibility index (Phi) is 4.92. The predicted octanol–water partition coefficient (Wildman–Crippen LogP) is 5.16. The van der Waals surface area contributed by atoms with Gasteiger partial charge in [-0.2, -0.15) is 5.10 Å². The third-order valence-electron chi connectivity index (χ3n) is 8.62. The fourth-order valence-electron chi connectivity index (χ4n) is 7.43. The van der Waals surface area contributed by atoms with Crippen molar-refractivity contribution in [2.45, 2.75) is 76.9 Å². The minimum atomic E-state index is -0.323. The van der Waals surface area contributed by atoms with Gasteiger partial charge in [-0.25, -0.2) is 9.48 Å². The molecule has 2 aromatic rings. The number of para-hydroxylation sites is 1. The van der Waals surface area contributed by atoms with Crippen molar-refractivity contribution in [3.63, 3.8) is 0 Å². The van der Waals surface area contributed by atoms with Gasteiger partial charge in [0.25, 0.3) is 0 Å². The van der Waals surface area contributed by atoms with Crippen LogP contribution in [0.1, 0.15) is 58.8 Å². The first-order chi connectivity index (χ1) is 15.6. The summed E-state index contributed by atoms with van der Waals surface area (Å²) in [6.07, 6.45) is 10.2. The van der Waals surface area contributed by atoms with Crippen LogP contribution < -0.4 is 15.0 Å². The molecule has 4 bridgehead atoms. The second-order valence-electron chi connectivity index (χ2n) is 10.8. The van der Waals surface area contributed by atoms with E-state index in [2.05, 4.69) is 29.2 Å². The van der Waals surface area contributed by atoms with Crippen LogP contribution in [0.15, 0.2) is 36.5 Å². The maximum atomic E-state index is 13.1. The molecule has 2 atom stereocenters. The number of nitrogens with zero attached hydrogens (tertiary/aromatic N) is 3. The molecule has 1 aromatic heterocycles. The van der Waals surface area contributed by atoms with Crippen LogP contribution in [0.3, 0.4) is 0 Å². The number of benzene rings is 1. The van der Waals surface area contributed by atoms with Gasteiger partial charge in [-0.15, -0.1) is 0 Å². The molecule has 4 saturated carbocycles. The molecule has 1 aromatic carbocycles. The topological polar surface area (TPSA) is 59.4 Å². The number of hydrogen-bond acceptors (Lipinski definition) is 4. The zero-order chi connectivity index (χ0) is 21.8. The summed E-state index contributed by atoms with van der Waals surface area (Å²) in [5.41, 5.74) is 0.977. The van der Waals surface area contributed by atoms with E-state index in [1.165, 1.54) is 32.1 Å². The van der Waals surface area contributed by atoms with Crippen LogP contribution in [0, 0.1) is 23.7 Å². The van der Waals surface area contributed by atoms with Crippen molar-refractivity contribution in [3.05, 3.63) is 36.5 Å². The number of hydrogen-bond donors (Lipinski definition) is 1. The van der Waals surface area contributed by atoms with Gasteiger partial charge in [-0.05, 0) is 94.6 Å².